The summed E-state index contributed by atoms with van der Waals surface area (Å²) in [6, 6.07) is 0. The van der Waals surface area contributed by atoms with Crippen LogP contribution in [-0.4, -0.2) is 63.0 Å². The normalized spacial score (nSPS) is 29.4. The van der Waals surface area contributed by atoms with Crippen LogP contribution in [0.5, 0.6) is 0 Å². The Bertz CT molecular complexity index is 301. The van der Waals surface area contributed by atoms with Gasteiger partial charge in [0.25, 0.3) is 0 Å². The zero-order valence-electron chi connectivity index (χ0n) is 11.1. The van der Waals surface area contributed by atoms with Crippen LogP contribution in [0.2, 0.25) is 0 Å². The number of ether oxygens (including phenoxy) is 2. The first-order chi connectivity index (χ1) is 8.85. The highest BCUT2D eigenvalue weighted by atomic mass is 16.5. The van der Waals surface area contributed by atoms with Crippen LogP contribution in [0.4, 0.5) is 0 Å². The van der Waals surface area contributed by atoms with Crippen molar-refractivity contribution in [3.05, 3.63) is 12.7 Å². The maximum absolute atomic E-state index is 5.82. The van der Waals surface area contributed by atoms with E-state index >= 15 is 0 Å². The van der Waals surface area contributed by atoms with Crippen molar-refractivity contribution >= 4 is 5.96 Å². The smallest absolute Gasteiger partial charge is 0.194 e. The van der Waals surface area contributed by atoms with Gasteiger partial charge in [0.05, 0.1) is 12.7 Å². The molecule has 18 heavy (non-hydrogen) atoms. The molecule has 2 aliphatic heterocycles. The van der Waals surface area contributed by atoms with E-state index in [2.05, 4.69) is 21.8 Å². The predicted molar refractivity (Wildman–Crippen MR) is 71.8 cm³/mol. The Hall–Kier alpha value is -1.07. The first kappa shape index (κ1) is 13.4. The first-order valence-electron chi connectivity index (χ1n) is 6.65. The predicted octanol–water partition coefficient (Wildman–Crippen LogP) is 0.628. The van der Waals surface area contributed by atoms with Gasteiger partial charge in [-0.05, 0) is 12.8 Å². The van der Waals surface area contributed by atoms with Gasteiger partial charge in [0.2, 0.25) is 0 Å². The SMILES string of the molecule is C=CCNC(=NC)N1CCOC(C2CCCO2)C1. The van der Waals surface area contributed by atoms with E-state index in [-0.39, 0.29) is 12.2 Å². The maximum Gasteiger partial charge on any atom is 0.194 e. The van der Waals surface area contributed by atoms with Crippen molar-refractivity contribution in [1.29, 1.82) is 0 Å². The molecule has 5 nitrogen and oxygen atoms in total. The van der Waals surface area contributed by atoms with E-state index in [1.807, 2.05) is 13.1 Å². The summed E-state index contributed by atoms with van der Waals surface area (Å²) in [5, 5.41) is 3.26. The summed E-state index contributed by atoms with van der Waals surface area (Å²) in [5.41, 5.74) is 0. The van der Waals surface area contributed by atoms with Crippen molar-refractivity contribution in [1.82, 2.24) is 10.2 Å². The molecular formula is C13H23N3O2. The second-order valence-corrected chi connectivity index (χ2v) is 4.62. The summed E-state index contributed by atoms with van der Waals surface area (Å²) < 4.78 is 11.5. The Labute approximate surface area is 109 Å². The topological polar surface area (TPSA) is 46.1 Å². The third kappa shape index (κ3) is 3.23. The summed E-state index contributed by atoms with van der Waals surface area (Å²) in [7, 11) is 1.81. The molecule has 2 rings (SSSR count). The molecule has 2 fully saturated rings. The van der Waals surface area contributed by atoms with Crippen molar-refractivity contribution in [2.75, 3.05) is 39.9 Å². The van der Waals surface area contributed by atoms with Crippen LogP contribution in [0.3, 0.4) is 0 Å². The van der Waals surface area contributed by atoms with Gasteiger partial charge in [-0.2, -0.15) is 0 Å². The van der Waals surface area contributed by atoms with Gasteiger partial charge in [-0.3, -0.25) is 4.99 Å². The Kier molecular flexibility index (Phi) is 5.01. The molecule has 0 aromatic heterocycles. The fourth-order valence-corrected chi connectivity index (χ4v) is 2.48. The summed E-state index contributed by atoms with van der Waals surface area (Å²) >= 11 is 0. The molecule has 0 spiro atoms. The molecule has 102 valence electrons. The zero-order valence-corrected chi connectivity index (χ0v) is 11.1. The number of nitrogens with zero attached hydrogens (tertiary/aromatic N) is 2. The van der Waals surface area contributed by atoms with Crippen LogP contribution < -0.4 is 5.32 Å². The lowest BCUT2D eigenvalue weighted by Gasteiger charge is -2.37. The molecule has 5 heteroatoms. The minimum Gasteiger partial charge on any atom is -0.375 e. The number of guanidine groups is 1. The van der Waals surface area contributed by atoms with Crippen LogP contribution in [0, 0.1) is 0 Å². The quantitative estimate of drug-likeness (QED) is 0.455. The summed E-state index contributed by atoms with van der Waals surface area (Å²) in [6.45, 7) is 7.77. The van der Waals surface area contributed by atoms with Crippen molar-refractivity contribution in [3.8, 4) is 0 Å². The van der Waals surface area contributed by atoms with E-state index in [9.17, 15) is 0 Å². The summed E-state index contributed by atoms with van der Waals surface area (Å²) in [6.07, 6.45) is 4.52. The Balaban J connectivity index is 1.90. The second kappa shape index (κ2) is 6.75. The van der Waals surface area contributed by atoms with Gasteiger partial charge in [-0.1, -0.05) is 6.08 Å². The van der Waals surface area contributed by atoms with E-state index < -0.39 is 0 Å². The third-order valence-electron chi connectivity index (χ3n) is 3.39. The van der Waals surface area contributed by atoms with Gasteiger partial charge in [-0.15, -0.1) is 6.58 Å². The number of morpholine rings is 1. The largest absolute Gasteiger partial charge is 0.375 e. The lowest BCUT2D eigenvalue weighted by Crippen LogP contribution is -2.53. The minimum absolute atomic E-state index is 0.170. The molecular weight excluding hydrogens is 230 g/mol. The zero-order chi connectivity index (χ0) is 12.8. The average molecular weight is 253 g/mol. The van der Waals surface area contributed by atoms with Crippen molar-refractivity contribution < 1.29 is 9.47 Å². The van der Waals surface area contributed by atoms with Gasteiger partial charge in [0.15, 0.2) is 5.96 Å². The van der Waals surface area contributed by atoms with E-state index in [0.29, 0.717) is 0 Å². The molecule has 0 bridgehead atoms. The van der Waals surface area contributed by atoms with Crippen molar-refractivity contribution in [3.63, 3.8) is 0 Å². The van der Waals surface area contributed by atoms with Crippen LogP contribution in [-0.2, 0) is 9.47 Å². The summed E-state index contributed by atoms with van der Waals surface area (Å²) in [4.78, 5) is 6.53. The third-order valence-corrected chi connectivity index (χ3v) is 3.39. The number of hydrogen-bond donors (Lipinski definition) is 1. The summed E-state index contributed by atoms with van der Waals surface area (Å²) in [5.74, 6) is 0.918. The second-order valence-electron chi connectivity index (χ2n) is 4.62. The van der Waals surface area contributed by atoms with Gasteiger partial charge in [0, 0.05) is 33.3 Å². The van der Waals surface area contributed by atoms with E-state index in [4.69, 9.17) is 9.47 Å². The maximum atomic E-state index is 5.82. The average Bonchev–Trinajstić information content (AvgIpc) is 2.94. The standard InChI is InChI=1S/C13H23N3O2/c1-3-6-15-13(14-2)16-7-9-18-12(10-16)11-5-4-8-17-11/h3,11-12H,1,4-10H2,2H3,(H,14,15). The lowest BCUT2D eigenvalue weighted by molar-refractivity contribution is -0.0816. The molecule has 0 saturated carbocycles. The Morgan fingerprint density at radius 2 is 2.28 bits per heavy atom. The van der Waals surface area contributed by atoms with Gasteiger partial charge < -0.3 is 19.7 Å². The van der Waals surface area contributed by atoms with Gasteiger partial charge in [0.1, 0.15) is 6.10 Å². The van der Waals surface area contributed by atoms with Gasteiger partial charge >= 0.3 is 0 Å². The lowest BCUT2D eigenvalue weighted by atomic mass is 10.1. The van der Waals surface area contributed by atoms with Crippen molar-refractivity contribution in [2.24, 2.45) is 4.99 Å². The molecule has 2 aliphatic rings. The van der Waals surface area contributed by atoms with E-state index in [1.165, 1.54) is 0 Å². The monoisotopic (exact) mass is 253 g/mol. The number of hydrogen-bond acceptors (Lipinski definition) is 3. The number of aliphatic imine (C=N–C) groups is 1. The van der Waals surface area contributed by atoms with Crippen molar-refractivity contribution in [2.45, 2.75) is 25.0 Å². The van der Waals surface area contributed by atoms with Crippen LogP contribution in [0.15, 0.2) is 17.6 Å². The molecule has 2 saturated heterocycles. The fraction of sp³-hybridized carbons (Fsp3) is 0.769. The molecule has 2 atom stereocenters. The molecule has 0 radical (unpaired) electrons. The minimum atomic E-state index is 0.170. The molecule has 1 N–H and O–H groups in total. The Morgan fingerprint density at radius 3 is 2.94 bits per heavy atom. The molecule has 0 aliphatic carbocycles. The highest BCUT2D eigenvalue weighted by Crippen LogP contribution is 2.20. The highest BCUT2D eigenvalue weighted by molar-refractivity contribution is 5.80. The number of nitrogens with one attached hydrogen (secondary N) is 1. The molecule has 0 amide bonds. The van der Waals surface area contributed by atoms with Gasteiger partial charge in [-0.25, -0.2) is 0 Å². The molecule has 2 unspecified atom stereocenters. The fourth-order valence-electron chi connectivity index (χ4n) is 2.48. The highest BCUT2D eigenvalue weighted by Gasteiger charge is 2.32. The van der Waals surface area contributed by atoms with E-state index in [0.717, 1.165) is 51.6 Å². The molecule has 0 aromatic rings. The number of rotatable bonds is 3. The molecule has 2 heterocycles. The van der Waals surface area contributed by atoms with Crippen LogP contribution in [0.25, 0.3) is 0 Å². The van der Waals surface area contributed by atoms with Crippen LogP contribution in [0.1, 0.15) is 12.8 Å². The molecule has 0 aromatic carbocycles. The van der Waals surface area contributed by atoms with E-state index in [1.54, 1.807) is 0 Å². The Morgan fingerprint density at radius 1 is 1.44 bits per heavy atom. The van der Waals surface area contributed by atoms with Crippen LogP contribution >= 0.6 is 0 Å². The first-order valence-corrected chi connectivity index (χ1v) is 6.65.